The maximum Gasteiger partial charge on any atom is 0.256 e. The number of nitrogens with one attached hydrogen (secondary N) is 3. The smallest absolute Gasteiger partial charge is 0.256 e. The lowest BCUT2D eigenvalue weighted by atomic mass is 9.98. The molecule has 2 unspecified atom stereocenters. The quantitative estimate of drug-likeness (QED) is 0.402. The minimum absolute atomic E-state index is 0.211. The van der Waals surface area contributed by atoms with Crippen molar-refractivity contribution in [2.75, 3.05) is 42.5 Å². The summed E-state index contributed by atoms with van der Waals surface area (Å²) < 4.78 is 28.0. The van der Waals surface area contributed by atoms with Gasteiger partial charge in [-0.2, -0.15) is 5.10 Å². The zero-order valence-corrected chi connectivity index (χ0v) is 23.3. The molecule has 4 heterocycles. The zero-order valence-electron chi connectivity index (χ0n) is 21.7. The Morgan fingerprint density at radius 1 is 1.21 bits per heavy atom. The highest BCUT2D eigenvalue weighted by Gasteiger charge is 2.32. The SMILES string of the molecule is Cc1cn2nc(C3CCCCN3C(=O)c3cc(Cl)ccc3NS(C)(=O)=O)cc2nc1NCC1CCCNC1. The van der Waals surface area contributed by atoms with Gasteiger partial charge in [-0.25, -0.2) is 17.9 Å². The van der Waals surface area contributed by atoms with Gasteiger partial charge in [-0.3, -0.25) is 9.52 Å². The molecule has 0 bridgehead atoms. The van der Waals surface area contributed by atoms with Gasteiger partial charge in [0.15, 0.2) is 5.65 Å². The summed E-state index contributed by atoms with van der Waals surface area (Å²) in [7, 11) is -3.58. The first-order chi connectivity index (χ1) is 18.2. The number of likely N-dealkylation sites (tertiary alicyclic amines) is 1. The van der Waals surface area contributed by atoms with Crippen molar-refractivity contribution in [2.45, 2.75) is 45.1 Å². The largest absolute Gasteiger partial charge is 0.369 e. The molecule has 12 heteroatoms. The first-order valence-corrected chi connectivity index (χ1v) is 15.3. The van der Waals surface area contributed by atoms with Crippen molar-refractivity contribution in [1.82, 2.24) is 24.8 Å². The number of anilines is 2. The Balaban J connectivity index is 1.41. The molecule has 0 radical (unpaired) electrons. The van der Waals surface area contributed by atoms with Crippen LogP contribution in [0.1, 0.15) is 59.8 Å². The van der Waals surface area contributed by atoms with Crippen molar-refractivity contribution in [3.63, 3.8) is 0 Å². The Hall–Kier alpha value is -2.89. The van der Waals surface area contributed by atoms with E-state index in [1.165, 1.54) is 25.0 Å². The van der Waals surface area contributed by atoms with E-state index in [4.69, 9.17) is 21.7 Å². The monoisotopic (exact) mass is 559 g/mol. The second-order valence-electron chi connectivity index (χ2n) is 10.3. The Kier molecular flexibility index (Phi) is 7.78. The van der Waals surface area contributed by atoms with Crippen LogP contribution in [0, 0.1) is 12.8 Å². The summed E-state index contributed by atoms with van der Waals surface area (Å²) in [6, 6.07) is 6.28. The molecule has 0 saturated carbocycles. The van der Waals surface area contributed by atoms with E-state index in [2.05, 4.69) is 15.4 Å². The number of amides is 1. The van der Waals surface area contributed by atoms with Gasteiger partial charge < -0.3 is 15.5 Å². The van der Waals surface area contributed by atoms with E-state index in [9.17, 15) is 13.2 Å². The fourth-order valence-electron chi connectivity index (χ4n) is 5.33. The second-order valence-corrected chi connectivity index (χ2v) is 12.5. The van der Waals surface area contributed by atoms with Gasteiger partial charge in [-0.15, -0.1) is 0 Å². The van der Waals surface area contributed by atoms with Crippen molar-refractivity contribution < 1.29 is 13.2 Å². The Morgan fingerprint density at radius 3 is 2.82 bits per heavy atom. The molecule has 1 amide bonds. The van der Waals surface area contributed by atoms with E-state index in [1.807, 2.05) is 19.2 Å². The van der Waals surface area contributed by atoms with Crippen LogP contribution in [0.25, 0.3) is 5.65 Å². The summed E-state index contributed by atoms with van der Waals surface area (Å²) in [5, 5.41) is 12.1. The van der Waals surface area contributed by atoms with Gasteiger partial charge in [0.1, 0.15) is 5.82 Å². The molecule has 10 nitrogen and oxygen atoms in total. The second kappa shape index (κ2) is 11.1. The number of piperidine rings is 2. The molecular formula is C26H34ClN7O3S. The average molecular weight is 560 g/mol. The summed E-state index contributed by atoms with van der Waals surface area (Å²) in [5.41, 5.74) is 2.91. The Labute approximate surface area is 228 Å². The highest BCUT2D eigenvalue weighted by molar-refractivity contribution is 7.92. The molecular weight excluding hydrogens is 526 g/mol. The van der Waals surface area contributed by atoms with Crippen LogP contribution in [-0.4, -0.2) is 66.3 Å². The molecule has 5 rings (SSSR count). The Morgan fingerprint density at radius 2 is 2.05 bits per heavy atom. The van der Waals surface area contributed by atoms with E-state index >= 15 is 0 Å². The van der Waals surface area contributed by atoms with Gasteiger partial charge in [0.25, 0.3) is 5.91 Å². The van der Waals surface area contributed by atoms with E-state index in [1.54, 1.807) is 15.5 Å². The number of aryl methyl sites for hydroxylation is 1. The number of carbonyl (C=O) groups is 1. The molecule has 2 aliphatic heterocycles. The molecule has 204 valence electrons. The number of hydrogen-bond acceptors (Lipinski definition) is 7. The predicted octanol–water partition coefficient (Wildman–Crippen LogP) is 3.84. The molecule has 1 aromatic carbocycles. The summed E-state index contributed by atoms with van der Waals surface area (Å²) in [5.74, 6) is 1.14. The van der Waals surface area contributed by atoms with Crippen molar-refractivity contribution in [3.8, 4) is 0 Å². The third kappa shape index (κ3) is 6.05. The normalized spacial score (nSPS) is 20.4. The van der Waals surface area contributed by atoms with Crippen molar-refractivity contribution in [3.05, 3.63) is 52.3 Å². The van der Waals surface area contributed by atoms with Crippen LogP contribution in [0.3, 0.4) is 0 Å². The van der Waals surface area contributed by atoms with E-state index in [0.717, 1.165) is 67.9 Å². The van der Waals surface area contributed by atoms with Gasteiger partial charge in [-0.05, 0) is 76.2 Å². The van der Waals surface area contributed by atoms with E-state index in [0.29, 0.717) is 17.5 Å². The first-order valence-electron chi connectivity index (χ1n) is 13.1. The summed E-state index contributed by atoms with van der Waals surface area (Å²) in [6.45, 7) is 5.53. The molecule has 2 fully saturated rings. The first kappa shape index (κ1) is 26.7. The minimum Gasteiger partial charge on any atom is -0.369 e. The van der Waals surface area contributed by atoms with Crippen LogP contribution in [0.2, 0.25) is 5.02 Å². The number of carbonyl (C=O) groups excluding carboxylic acids is 1. The molecule has 2 atom stereocenters. The number of halogens is 1. The maximum absolute atomic E-state index is 13.8. The van der Waals surface area contributed by atoms with Crippen LogP contribution in [-0.2, 0) is 10.0 Å². The number of rotatable bonds is 7. The fraction of sp³-hybridized carbons (Fsp3) is 0.500. The maximum atomic E-state index is 13.8. The topological polar surface area (TPSA) is 121 Å². The number of sulfonamides is 1. The standard InChI is InChI=1S/C26H34ClN7O3S/c1-17-16-34-24(30-25(17)29-15-18-6-5-10-28-14-18)13-22(31-34)23-7-3-4-11-33(23)26(35)20-12-19(27)8-9-21(20)32-38(2,36)37/h8-9,12-13,16,18,23,28,32H,3-7,10-11,14-15H2,1-2H3,(H,29,30). The van der Waals surface area contributed by atoms with Crippen LogP contribution in [0.4, 0.5) is 11.5 Å². The lowest BCUT2D eigenvalue weighted by Crippen LogP contribution is -2.39. The van der Waals surface area contributed by atoms with Gasteiger partial charge in [0.05, 0.1) is 29.2 Å². The van der Waals surface area contributed by atoms with Crippen molar-refractivity contribution in [2.24, 2.45) is 5.92 Å². The minimum atomic E-state index is -3.58. The molecule has 3 aromatic rings. The average Bonchev–Trinajstić information content (AvgIpc) is 3.30. The number of fused-ring (bicyclic) bond motifs is 1. The van der Waals surface area contributed by atoms with Crippen LogP contribution in [0.15, 0.2) is 30.5 Å². The van der Waals surface area contributed by atoms with Gasteiger partial charge in [0.2, 0.25) is 10.0 Å². The van der Waals surface area contributed by atoms with E-state index in [-0.39, 0.29) is 23.2 Å². The lowest BCUT2D eigenvalue weighted by Gasteiger charge is -2.35. The van der Waals surface area contributed by atoms with Gasteiger partial charge in [0, 0.05) is 35.9 Å². The molecule has 0 aliphatic carbocycles. The number of hydrogen-bond donors (Lipinski definition) is 3. The van der Waals surface area contributed by atoms with E-state index < -0.39 is 10.0 Å². The van der Waals surface area contributed by atoms with Crippen molar-refractivity contribution >= 4 is 44.7 Å². The molecule has 2 aromatic heterocycles. The zero-order chi connectivity index (χ0) is 26.9. The molecule has 2 saturated heterocycles. The molecule has 3 N–H and O–H groups in total. The fourth-order valence-corrected chi connectivity index (χ4v) is 6.08. The third-order valence-corrected chi connectivity index (χ3v) is 8.05. The summed E-state index contributed by atoms with van der Waals surface area (Å²) in [4.78, 5) is 20.4. The summed E-state index contributed by atoms with van der Waals surface area (Å²) >= 11 is 6.20. The van der Waals surface area contributed by atoms with Crippen LogP contribution >= 0.6 is 11.6 Å². The highest BCUT2D eigenvalue weighted by atomic mass is 35.5. The van der Waals surface area contributed by atoms with Crippen LogP contribution < -0.4 is 15.4 Å². The molecule has 2 aliphatic rings. The lowest BCUT2D eigenvalue weighted by molar-refractivity contribution is 0.0607. The predicted molar refractivity (Wildman–Crippen MR) is 149 cm³/mol. The number of aromatic nitrogens is 3. The van der Waals surface area contributed by atoms with Crippen molar-refractivity contribution in [1.29, 1.82) is 0 Å². The van der Waals surface area contributed by atoms with Gasteiger partial charge in [-0.1, -0.05) is 11.6 Å². The molecule has 0 spiro atoms. The number of benzene rings is 1. The highest BCUT2D eigenvalue weighted by Crippen LogP contribution is 2.34. The van der Waals surface area contributed by atoms with Gasteiger partial charge >= 0.3 is 0 Å². The Bertz CT molecular complexity index is 1440. The van der Waals surface area contributed by atoms with Crippen LogP contribution in [0.5, 0.6) is 0 Å². The summed E-state index contributed by atoms with van der Waals surface area (Å²) in [6.07, 6.45) is 7.99. The third-order valence-electron chi connectivity index (χ3n) is 7.22. The molecule has 38 heavy (non-hydrogen) atoms. The number of nitrogens with zero attached hydrogens (tertiary/aromatic N) is 4.